The van der Waals surface area contributed by atoms with E-state index in [0.29, 0.717) is 18.9 Å². The van der Waals surface area contributed by atoms with E-state index >= 15 is 0 Å². The summed E-state index contributed by atoms with van der Waals surface area (Å²) in [5.74, 6) is 1.43. The predicted octanol–water partition coefficient (Wildman–Crippen LogP) is 7.18. The second kappa shape index (κ2) is 11.7. The fourth-order valence-electron chi connectivity index (χ4n) is 4.58. The highest BCUT2D eigenvalue weighted by molar-refractivity contribution is 5.91. The molecule has 39 heavy (non-hydrogen) atoms. The van der Waals surface area contributed by atoms with Gasteiger partial charge in [0.05, 0.1) is 13.0 Å². The van der Waals surface area contributed by atoms with Gasteiger partial charge in [-0.3, -0.25) is 9.59 Å². The van der Waals surface area contributed by atoms with Gasteiger partial charge in [0, 0.05) is 30.6 Å². The van der Waals surface area contributed by atoms with Crippen LogP contribution in [0.4, 0.5) is 0 Å². The molecule has 0 spiro atoms. The SMILES string of the molecule is CCOC(=O)Cc1cn(Cc2ccc(Oc3ccccc3)cc2)c2cc(-c3cccc(OC(C)=O)c3)ccc12. The number of rotatable bonds is 9. The summed E-state index contributed by atoms with van der Waals surface area (Å²) in [5.41, 5.74) is 4.90. The van der Waals surface area contributed by atoms with Crippen LogP contribution >= 0.6 is 0 Å². The monoisotopic (exact) mass is 519 g/mol. The summed E-state index contributed by atoms with van der Waals surface area (Å²) in [6.07, 6.45) is 2.22. The Balaban J connectivity index is 1.47. The third kappa shape index (κ3) is 6.36. The van der Waals surface area contributed by atoms with E-state index in [1.54, 1.807) is 6.07 Å². The first-order valence-corrected chi connectivity index (χ1v) is 12.9. The Morgan fingerprint density at radius 1 is 0.769 bits per heavy atom. The van der Waals surface area contributed by atoms with Crippen LogP contribution in [0.5, 0.6) is 17.2 Å². The summed E-state index contributed by atoms with van der Waals surface area (Å²) in [4.78, 5) is 23.8. The lowest BCUT2D eigenvalue weighted by molar-refractivity contribution is -0.142. The molecule has 0 N–H and O–H groups in total. The highest BCUT2D eigenvalue weighted by Crippen LogP contribution is 2.31. The smallest absolute Gasteiger partial charge is 0.310 e. The number of hydrogen-bond acceptors (Lipinski definition) is 5. The number of ether oxygens (including phenoxy) is 3. The number of fused-ring (bicyclic) bond motifs is 1. The van der Waals surface area contributed by atoms with Crippen molar-refractivity contribution < 1.29 is 23.8 Å². The molecule has 0 fully saturated rings. The van der Waals surface area contributed by atoms with Crippen LogP contribution in [0.25, 0.3) is 22.0 Å². The standard InChI is InChI=1S/C33H29NO5/c1-3-37-33(36)20-27-22-34(21-24-12-15-29(16-13-24)39-28-9-5-4-6-10-28)32-19-26(14-17-31(27)32)25-8-7-11-30(18-25)38-23(2)35/h4-19,22H,3,20-21H2,1-2H3. The number of hydrogen-bond donors (Lipinski definition) is 0. The minimum Gasteiger partial charge on any atom is -0.466 e. The lowest BCUT2D eigenvalue weighted by Crippen LogP contribution is -2.07. The van der Waals surface area contributed by atoms with Crippen LogP contribution in [0.15, 0.2) is 103 Å². The Morgan fingerprint density at radius 3 is 2.23 bits per heavy atom. The van der Waals surface area contributed by atoms with Crippen molar-refractivity contribution in [2.24, 2.45) is 0 Å². The van der Waals surface area contributed by atoms with Gasteiger partial charge in [0.25, 0.3) is 0 Å². The van der Waals surface area contributed by atoms with Gasteiger partial charge < -0.3 is 18.8 Å². The van der Waals surface area contributed by atoms with Crippen molar-refractivity contribution in [2.75, 3.05) is 6.61 Å². The summed E-state index contributed by atoms with van der Waals surface area (Å²) < 4.78 is 18.6. The number of carbonyl (C=O) groups excluding carboxylic acids is 2. The molecule has 5 aromatic rings. The van der Waals surface area contributed by atoms with Crippen molar-refractivity contribution in [1.82, 2.24) is 4.57 Å². The van der Waals surface area contributed by atoms with Crippen LogP contribution in [0.2, 0.25) is 0 Å². The molecule has 0 saturated heterocycles. The van der Waals surface area contributed by atoms with E-state index in [9.17, 15) is 9.59 Å². The van der Waals surface area contributed by atoms with E-state index < -0.39 is 0 Å². The van der Waals surface area contributed by atoms with Gasteiger partial charge in [0.2, 0.25) is 0 Å². The van der Waals surface area contributed by atoms with E-state index in [-0.39, 0.29) is 18.4 Å². The third-order valence-electron chi connectivity index (χ3n) is 6.29. The zero-order valence-electron chi connectivity index (χ0n) is 21.9. The summed E-state index contributed by atoms with van der Waals surface area (Å²) in [6, 6.07) is 31.3. The van der Waals surface area contributed by atoms with Crippen LogP contribution in [-0.4, -0.2) is 23.1 Å². The van der Waals surface area contributed by atoms with Gasteiger partial charge in [0.15, 0.2) is 0 Å². The fourth-order valence-corrected chi connectivity index (χ4v) is 4.58. The maximum absolute atomic E-state index is 12.3. The summed E-state index contributed by atoms with van der Waals surface area (Å²) >= 11 is 0. The van der Waals surface area contributed by atoms with Gasteiger partial charge in [-0.1, -0.05) is 54.6 Å². The first-order chi connectivity index (χ1) is 19.0. The molecule has 0 atom stereocenters. The highest BCUT2D eigenvalue weighted by Gasteiger charge is 2.15. The molecule has 4 aromatic carbocycles. The van der Waals surface area contributed by atoms with E-state index in [1.807, 2.05) is 98.0 Å². The molecule has 0 radical (unpaired) electrons. The molecule has 5 rings (SSSR count). The molecule has 196 valence electrons. The number of aromatic nitrogens is 1. The maximum atomic E-state index is 12.3. The number of carbonyl (C=O) groups is 2. The number of esters is 2. The average Bonchev–Trinajstić information content (AvgIpc) is 3.26. The molecule has 0 amide bonds. The minimum absolute atomic E-state index is 0.197. The van der Waals surface area contributed by atoms with Gasteiger partial charge in [-0.15, -0.1) is 0 Å². The molecular formula is C33H29NO5. The fraction of sp³-hybridized carbons (Fsp3) is 0.152. The molecule has 0 saturated carbocycles. The molecule has 0 unspecified atom stereocenters. The van der Waals surface area contributed by atoms with Crippen molar-refractivity contribution in [3.05, 3.63) is 114 Å². The minimum atomic E-state index is -0.361. The van der Waals surface area contributed by atoms with Gasteiger partial charge in [-0.25, -0.2) is 0 Å². The molecule has 1 aromatic heterocycles. The molecule has 1 heterocycles. The summed E-state index contributed by atoms with van der Waals surface area (Å²) in [6.45, 7) is 4.15. The van der Waals surface area contributed by atoms with Gasteiger partial charge in [-0.2, -0.15) is 0 Å². The van der Waals surface area contributed by atoms with Crippen molar-refractivity contribution in [3.8, 4) is 28.4 Å². The molecule has 6 nitrogen and oxygen atoms in total. The van der Waals surface area contributed by atoms with E-state index in [2.05, 4.69) is 10.6 Å². The van der Waals surface area contributed by atoms with Crippen molar-refractivity contribution >= 4 is 22.8 Å². The molecule has 0 aliphatic heterocycles. The van der Waals surface area contributed by atoms with Crippen molar-refractivity contribution in [3.63, 3.8) is 0 Å². The Labute approximate surface area is 227 Å². The quantitative estimate of drug-likeness (QED) is 0.152. The van der Waals surface area contributed by atoms with Gasteiger partial charge in [-0.05, 0) is 71.6 Å². The Kier molecular flexibility index (Phi) is 7.73. The van der Waals surface area contributed by atoms with Crippen LogP contribution in [0.1, 0.15) is 25.0 Å². The second-order valence-corrected chi connectivity index (χ2v) is 9.18. The first-order valence-electron chi connectivity index (χ1n) is 12.9. The zero-order valence-corrected chi connectivity index (χ0v) is 21.9. The van der Waals surface area contributed by atoms with E-state index in [4.69, 9.17) is 14.2 Å². The molecule has 6 heteroatoms. The summed E-state index contributed by atoms with van der Waals surface area (Å²) in [5, 5.41) is 0.993. The molecule has 0 bridgehead atoms. The lowest BCUT2D eigenvalue weighted by atomic mass is 10.0. The van der Waals surface area contributed by atoms with Gasteiger partial charge >= 0.3 is 11.9 Å². The van der Waals surface area contributed by atoms with Crippen LogP contribution in [0, 0.1) is 0 Å². The molecule has 0 aliphatic rings. The van der Waals surface area contributed by atoms with E-state index in [1.165, 1.54) is 6.92 Å². The van der Waals surface area contributed by atoms with E-state index in [0.717, 1.165) is 44.7 Å². The van der Waals surface area contributed by atoms with Crippen molar-refractivity contribution in [2.45, 2.75) is 26.8 Å². The molecular weight excluding hydrogens is 490 g/mol. The van der Waals surface area contributed by atoms with Crippen LogP contribution in [-0.2, 0) is 27.3 Å². The topological polar surface area (TPSA) is 66.8 Å². The number of benzene rings is 4. The first kappa shape index (κ1) is 25.8. The zero-order chi connectivity index (χ0) is 27.2. The van der Waals surface area contributed by atoms with Crippen LogP contribution < -0.4 is 9.47 Å². The molecule has 0 aliphatic carbocycles. The Hall–Kier alpha value is -4.84. The predicted molar refractivity (Wildman–Crippen MR) is 151 cm³/mol. The van der Waals surface area contributed by atoms with Crippen molar-refractivity contribution in [1.29, 1.82) is 0 Å². The van der Waals surface area contributed by atoms with Crippen LogP contribution in [0.3, 0.4) is 0 Å². The second-order valence-electron chi connectivity index (χ2n) is 9.18. The normalized spacial score (nSPS) is 10.8. The Morgan fingerprint density at radius 2 is 1.49 bits per heavy atom. The number of para-hydroxylation sites is 1. The highest BCUT2D eigenvalue weighted by atomic mass is 16.5. The maximum Gasteiger partial charge on any atom is 0.310 e. The number of nitrogens with zero attached hydrogens (tertiary/aromatic N) is 1. The summed E-state index contributed by atoms with van der Waals surface area (Å²) in [7, 11) is 0. The largest absolute Gasteiger partial charge is 0.466 e. The average molecular weight is 520 g/mol. The Bertz CT molecular complexity index is 1600. The lowest BCUT2D eigenvalue weighted by Gasteiger charge is -2.10. The third-order valence-corrected chi connectivity index (χ3v) is 6.29. The van der Waals surface area contributed by atoms with Gasteiger partial charge in [0.1, 0.15) is 17.2 Å².